The molecule has 2 heterocycles. The van der Waals surface area contributed by atoms with E-state index in [1.807, 2.05) is 5.38 Å². The Hall–Kier alpha value is -1.14. The lowest BCUT2D eigenvalue weighted by Gasteiger charge is -2.33. The molecule has 1 N–H and O–H groups in total. The normalized spacial score (nSPS) is 18.1. The molecule has 1 aromatic rings. The predicted octanol–water partition coefficient (Wildman–Crippen LogP) is 0.593. The Kier molecular flexibility index (Phi) is 2.88. The Balaban J connectivity index is 2.15. The van der Waals surface area contributed by atoms with Gasteiger partial charge in [-0.2, -0.15) is 4.37 Å². The number of anilines is 1. The van der Waals surface area contributed by atoms with Crippen LogP contribution in [0.15, 0.2) is 5.38 Å². The number of aromatic carboxylic acids is 1. The van der Waals surface area contributed by atoms with Crippen LogP contribution in [0.5, 0.6) is 0 Å². The van der Waals surface area contributed by atoms with Crippen molar-refractivity contribution in [1.82, 2.24) is 9.27 Å². The second-order valence-corrected chi connectivity index (χ2v) is 4.27. The third-order valence-electron chi connectivity index (χ3n) is 2.60. The van der Waals surface area contributed by atoms with E-state index in [9.17, 15) is 4.79 Å². The van der Waals surface area contributed by atoms with Crippen molar-refractivity contribution in [1.29, 1.82) is 0 Å². The van der Waals surface area contributed by atoms with Crippen LogP contribution in [0.25, 0.3) is 0 Å². The third-order valence-corrected chi connectivity index (χ3v) is 3.21. The van der Waals surface area contributed by atoms with Gasteiger partial charge in [0.1, 0.15) is 0 Å². The van der Waals surface area contributed by atoms with E-state index in [1.165, 1.54) is 11.5 Å². The van der Waals surface area contributed by atoms with E-state index in [-0.39, 0.29) is 5.69 Å². The van der Waals surface area contributed by atoms with Gasteiger partial charge >= 0.3 is 5.97 Å². The summed E-state index contributed by atoms with van der Waals surface area (Å²) in [5, 5.41) is 10.8. The van der Waals surface area contributed by atoms with Crippen molar-refractivity contribution in [3.63, 3.8) is 0 Å². The molecule has 0 bridgehead atoms. The molecule has 1 aliphatic rings. The van der Waals surface area contributed by atoms with Crippen LogP contribution in [-0.2, 0) is 0 Å². The number of likely N-dealkylation sites (N-methyl/N-ethyl adjacent to an activating group) is 1. The van der Waals surface area contributed by atoms with Gasteiger partial charge in [0.05, 0.1) is 5.69 Å². The summed E-state index contributed by atoms with van der Waals surface area (Å²) in [6.45, 7) is 3.67. The molecule has 5 nitrogen and oxygen atoms in total. The molecule has 0 unspecified atom stereocenters. The highest BCUT2D eigenvalue weighted by Gasteiger charge is 2.21. The van der Waals surface area contributed by atoms with Crippen LogP contribution in [0.3, 0.4) is 0 Å². The number of rotatable bonds is 2. The number of nitrogens with zero attached hydrogens (tertiary/aromatic N) is 3. The number of carboxylic acid groups (broad SMARTS) is 1. The van der Waals surface area contributed by atoms with Gasteiger partial charge < -0.3 is 14.9 Å². The maximum Gasteiger partial charge on any atom is 0.357 e. The average Bonchev–Trinajstić information content (AvgIpc) is 2.67. The standard InChI is InChI=1S/C9H13N3O2S/c1-11-2-4-12(5-3-11)7-6-15-10-8(7)9(13)14/h6H,2-5H2,1H3,(H,13,14). The van der Waals surface area contributed by atoms with Gasteiger partial charge in [0.15, 0.2) is 5.69 Å². The fourth-order valence-corrected chi connectivity index (χ4v) is 2.34. The van der Waals surface area contributed by atoms with Gasteiger partial charge in [0, 0.05) is 31.6 Å². The van der Waals surface area contributed by atoms with E-state index in [0.29, 0.717) is 0 Å². The Morgan fingerprint density at radius 2 is 2.13 bits per heavy atom. The van der Waals surface area contributed by atoms with E-state index in [0.717, 1.165) is 31.9 Å². The summed E-state index contributed by atoms with van der Waals surface area (Å²) in [7, 11) is 2.07. The summed E-state index contributed by atoms with van der Waals surface area (Å²) in [5.74, 6) is -0.940. The Labute approximate surface area is 92.1 Å². The summed E-state index contributed by atoms with van der Waals surface area (Å²) in [6.07, 6.45) is 0. The molecule has 1 fully saturated rings. The minimum Gasteiger partial charge on any atom is -0.476 e. The number of hydrogen-bond acceptors (Lipinski definition) is 5. The fraction of sp³-hybridized carbons (Fsp3) is 0.556. The molecule has 0 radical (unpaired) electrons. The SMILES string of the molecule is CN1CCN(c2csnc2C(=O)O)CC1. The van der Waals surface area contributed by atoms with Crippen molar-refractivity contribution in [2.45, 2.75) is 0 Å². The van der Waals surface area contributed by atoms with Crippen molar-refractivity contribution in [2.24, 2.45) is 0 Å². The molecule has 0 amide bonds. The smallest absolute Gasteiger partial charge is 0.357 e. The van der Waals surface area contributed by atoms with Gasteiger partial charge in [-0.1, -0.05) is 0 Å². The lowest BCUT2D eigenvalue weighted by atomic mass is 10.2. The van der Waals surface area contributed by atoms with Gasteiger partial charge in [-0.25, -0.2) is 4.79 Å². The molecule has 1 saturated heterocycles. The number of carboxylic acids is 1. The van der Waals surface area contributed by atoms with E-state index >= 15 is 0 Å². The lowest BCUT2D eigenvalue weighted by Crippen LogP contribution is -2.44. The summed E-state index contributed by atoms with van der Waals surface area (Å²) in [6, 6.07) is 0. The molecular formula is C9H13N3O2S. The second kappa shape index (κ2) is 4.16. The number of carbonyl (C=O) groups is 1. The first-order valence-corrected chi connectivity index (χ1v) is 5.63. The molecule has 0 aliphatic carbocycles. The minimum absolute atomic E-state index is 0.185. The molecule has 0 spiro atoms. The Bertz CT molecular complexity index is 358. The minimum atomic E-state index is -0.940. The van der Waals surface area contributed by atoms with Gasteiger partial charge in [-0.15, -0.1) is 0 Å². The van der Waals surface area contributed by atoms with E-state index < -0.39 is 5.97 Å². The van der Waals surface area contributed by atoms with Gasteiger partial charge in [-0.3, -0.25) is 0 Å². The predicted molar refractivity (Wildman–Crippen MR) is 58.8 cm³/mol. The van der Waals surface area contributed by atoms with E-state index in [2.05, 4.69) is 21.2 Å². The third kappa shape index (κ3) is 2.10. The first-order valence-electron chi connectivity index (χ1n) is 4.79. The topological polar surface area (TPSA) is 56.7 Å². The van der Waals surface area contributed by atoms with Crippen molar-refractivity contribution >= 4 is 23.2 Å². The molecule has 82 valence electrons. The van der Waals surface area contributed by atoms with Crippen LogP contribution >= 0.6 is 11.5 Å². The zero-order valence-corrected chi connectivity index (χ0v) is 9.33. The number of hydrogen-bond donors (Lipinski definition) is 1. The second-order valence-electron chi connectivity index (χ2n) is 3.64. The first kappa shape index (κ1) is 10.4. The van der Waals surface area contributed by atoms with Crippen LogP contribution in [-0.4, -0.2) is 53.6 Å². The zero-order chi connectivity index (χ0) is 10.8. The monoisotopic (exact) mass is 227 g/mol. The molecule has 6 heteroatoms. The quantitative estimate of drug-likeness (QED) is 0.801. The fourth-order valence-electron chi connectivity index (χ4n) is 1.65. The highest BCUT2D eigenvalue weighted by molar-refractivity contribution is 7.04. The van der Waals surface area contributed by atoms with Crippen molar-refractivity contribution in [3.8, 4) is 0 Å². The van der Waals surface area contributed by atoms with Crippen LogP contribution in [0.4, 0.5) is 5.69 Å². The zero-order valence-electron chi connectivity index (χ0n) is 8.51. The maximum atomic E-state index is 10.9. The Morgan fingerprint density at radius 3 is 2.73 bits per heavy atom. The molecule has 0 aromatic carbocycles. The van der Waals surface area contributed by atoms with Crippen LogP contribution < -0.4 is 4.90 Å². The maximum absolute atomic E-state index is 10.9. The van der Waals surface area contributed by atoms with Crippen LogP contribution in [0.2, 0.25) is 0 Å². The van der Waals surface area contributed by atoms with Gasteiger partial charge in [-0.05, 0) is 18.6 Å². The average molecular weight is 227 g/mol. The van der Waals surface area contributed by atoms with Crippen LogP contribution in [0, 0.1) is 0 Å². The molecule has 0 saturated carbocycles. The lowest BCUT2D eigenvalue weighted by molar-refractivity contribution is 0.0692. The van der Waals surface area contributed by atoms with Gasteiger partial charge in [0.25, 0.3) is 0 Å². The largest absolute Gasteiger partial charge is 0.476 e. The Morgan fingerprint density at radius 1 is 1.47 bits per heavy atom. The molecule has 2 rings (SSSR count). The summed E-state index contributed by atoms with van der Waals surface area (Å²) in [4.78, 5) is 15.2. The molecule has 0 atom stereocenters. The van der Waals surface area contributed by atoms with Crippen molar-refractivity contribution < 1.29 is 9.90 Å². The first-order chi connectivity index (χ1) is 7.18. The highest BCUT2D eigenvalue weighted by atomic mass is 32.1. The summed E-state index contributed by atoms with van der Waals surface area (Å²) < 4.78 is 3.90. The molecular weight excluding hydrogens is 214 g/mol. The molecule has 15 heavy (non-hydrogen) atoms. The molecule has 1 aromatic heterocycles. The molecule has 1 aliphatic heterocycles. The van der Waals surface area contributed by atoms with Crippen molar-refractivity contribution in [2.75, 3.05) is 38.1 Å². The van der Waals surface area contributed by atoms with E-state index in [1.54, 1.807) is 0 Å². The summed E-state index contributed by atoms with van der Waals surface area (Å²) in [5.41, 5.74) is 0.949. The highest BCUT2D eigenvalue weighted by Crippen LogP contribution is 2.23. The van der Waals surface area contributed by atoms with E-state index in [4.69, 9.17) is 5.11 Å². The summed E-state index contributed by atoms with van der Waals surface area (Å²) >= 11 is 1.20. The number of piperazine rings is 1. The van der Waals surface area contributed by atoms with Gasteiger partial charge in [0.2, 0.25) is 0 Å². The van der Waals surface area contributed by atoms with Crippen LogP contribution in [0.1, 0.15) is 10.5 Å². The number of aromatic nitrogens is 1. The van der Waals surface area contributed by atoms with Crippen molar-refractivity contribution in [3.05, 3.63) is 11.1 Å².